The molecule has 0 aromatic rings. The zero-order chi connectivity index (χ0) is 15.8. The molecule has 0 aliphatic rings. The summed E-state index contributed by atoms with van der Waals surface area (Å²) in [7, 11) is -1.60. The Balaban J connectivity index is 0. The zero-order valence-corrected chi connectivity index (χ0v) is 13.8. The van der Waals surface area contributed by atoms with E-state index in [2.05, 4.69) is 20.4 Å². The molecule has 2 N–H and O–H groups in total. The summed E-state index contributed by atoms with van der Waals surface area (Å²) in [4.78, 5) is 19.1. The second-order valence-electron chi connectivity index (χ2n) is 4.27. The van der Waals surface area contributed by atoms with Crippen LogP contribution in [-0.4, -0.2) is 29.2 Å². The molecule has 0 amide bonds. The molecule has 0 rings (SSSR count). The Morgan fingerprint density at radius 2 is 1.50 bits per heavy atom. The SMILES string of the molecule is C=C(CCC)C(=O)O.CCCCOP(O)OCCCC. The van der Waals surface area contributed by atoms with E-state index in [1.165, 1.54) is 0 Å². The van der Waals surface area contributed by atoms with Crippen molar-refractivity contribution in [1.82, 2.24) is 0 Å². The van der Waals surface area contributed by atoms with E-state index in [-0.39, 0.29) is 0 Å². The lowest BCUT2D eigenvalue weighted by molar-refractivity contribution is -0.132. The van der Waals surface area contributed by atoms with Crippen molar-refractivity contribution in [2.45, 2.75) is 59.3 Å². The van der Waals surface area contributed by atoms with Crippen molar-refractivity contribution in [2.24, 2.45) is 0 Å². The van der Waals surface area contributed by atoms with E-state index in [1.54, 1.807) is 0 Å². The van der Waals surface area contributed by atoms with E-state index >= 15 is 0 Å². The van der Waals surface area contributed by atoms with Gasteiger partial charge in [-0.3, -0.25) is 0 Å². The van der Waals surface area contributed by atoms with Crippen LogP contribution in [0.5, 0.6) is 0 Å². The largest absolute Gasteiger partial charge is 0.478 e. The van der Waals surface area contributed by atoms with E-state index in [1.807, 2.05) is 6.92 Å². The lowest BCUT2D eigenvalue weighted by Crippen LogP contribution is -1.97. The van der Waals surface area contributed by atoms with Gasteiger partial charge in [-0.15, -0.1) is 0 Å². The van der Waals surface area contributed by atoms with Crippen LogP contribution in [0.15, 0.2) is 12.2 Å². The molecule has 5 nitrogen and oxygen atoms in total. The maximum Gasteiger partial charge on any atom is 0.330 e. The molecule has 0 aromatic carbocycles. The summed E-state index contributed by atoms with van der Waals surface area (Å²) < 4.78 is 10.1. The molecule has 0 unspecified atom stereocenters. The van der Waals surface area contributed by atoms with Gasteiger partial charge in [0.15, 0.2) is 0 Å². The summed E-state index contributed by atoms with van der Waals surface area (Å²) >= 11 is 0. The molecule has 0 saturated carbocycles. The minimum absolute atomic E-state index is 0.299. The molecular formula is C14H29O5P. The summed E-state index contributed by atoms with van der Waals surface area (Å²) in [5.41, 5.74) is 0.299. The molecule has 0 radical (unpaired) electrons. The topological polar surface area (TPSA) is 76.0 Å². The highest BCUT2D eigenvalue weighted by Gasteiger charge is 2.04. The van der Waals surface area contributed by atoms with Crippen molar-refractivity contribution in [1.29, 1.82) is 0 Å². The first-order chi connectivity index (χ1) is 9.49. The van der Waals surface area contributed by atoms with Crippen molar-refractivity contribution >= 4 is 14.6 Å². The van der Waals surface area contributed by atoms with Crippen molar-refractivity contribution in [3.63, 3.8) is 0 Å². The maximum atomic E-state index is 9.99. The van der Waals surface area contributed by atoms with Gasteiger partial charge in [0.1, 0.15) is 0 Å². The number of carbonyl (C=O) groups is 1. The summed E-state index contributed by atoms with van der Waals surface area (Å²) in [6, 6.07) is 0. The van der Waals surface area contributed by atoms with Crippen LogP contribution >= 0.6 is 8.60 Å². The van der Waals surface area contributed by atoms with Gasteiger partial charge in [0.2, 0.25) is 0 Å². The fourth-order valence-electron chi connectivity index (χ4n) is 1.02. The fourth-order valence-corrected chi connectivity index (χ4v) is 1.67. The second-order valence-corrected chi connectivity index (χ2v) is 5.26. The van der Waals surface area contributed by atoms with Crippen molar-refractivity contribution in [2.75, 3.05) is 13.2 Å². The van der Waals surface area contributed by atoms with Gasteiger partial charge in [-0.1, -0.05) is 46.6 Å². The van der Waals surface area contributed by atoms with Gasteiger partial charge in [-0.05, 0) is 19.3 Å². The monoisotopic (exact) mass is 308 g/mol. The molecule has 0 bridgehead atoms. The predicted molar refractivity (Wildman–Crippen MR) is 82.5 cm³/mol. The molecule has 0 saturated heterocycles. The quantitative estimate of drug-likeness (QED) is 0.339. The number of hydrogen-bond acceptors (Lipinski definition) is 4. The Bertz CT molecular complexity index is 236. The van der Waals surface area contributed by atoms with Gasteiger partial charge < -0.3 is 19.0 Å². The first-order valence-electron chi connectivity index (χ1n) is 7.15. The van der Waals surface area contributed by atoms with Crippen LogP contribution in [0.25, 0.3) is 0 Å². The number of aliphatic carboxylic acids is 1. The highest BCUT2D eigenvalue weighted by molar-refractivity contribution is 7.40. The van der Waals surface area contributed by atoms with Crippen LogP contribution in [0.2, 0.25) is 0 Å². The molecule has 0 spiro atoms. The number of carboxylic acid groups (broad SMARTS) is 1. The third kappa shape index (κ3) is 17.5. The van der Waals surface area contributed by atoms with Crippen molar-refractivity contribution in [3.05, 3.63) is 12.2 Å². The molecule has 0 heterocycles. The molecule has 0 atom stereocenters. The van der Waals surface area contributed by atoms with Crippen LogP contribution in [0.3, 0.4) is 0 Å². The first kappa shape index (κ1) is 21.8. The highest BCUT2D eigenvalue weighted by Crippen LogP contribution is 2.32. The minimum Gasteiger partial charge on any atom is -0.478 e. The Morgan fingerprint density at radius 3 is 1.75 bits per heavy atom. The maximum absolute atomic E-state index is 9.99. The smallest absolute Gasteiger partial charge is 0.330 e. The van der Waals surface area contributed by atoms with Gasteiger partial charge in [0, 0.05) is 5.57 Å². The van der Waals surface area contributed by atoms with Crippen LogP contribution in [0, 0.1) is 0 Å². The third-order valence-corrected chi connectivity index (χ3v) is 3.06. The van der Waals surface area contributed by atoms with Crippen LogP contribution < -0.4 is 0 Å². The zero-order valence-electron chi connectivity index (χ0n) is 12.9. The Hall–Kier alpha value is -0.480. The molecule has 20 heavy (non-hydrogen) atoms. The Labute approximate surface area is 124 Å². The van der Waals surface area contributed by atoms with Gasteiger partial charge in [0.05, 0.1) is 13.2 Å². The molecule has 120 valence electrons. The Morgan fingerprint density at radius 1 is 1.05 bits per heavy atom. The standard InChI is InChI=1S/C8H19O3P.C6H10O2/c1-3-5-7-10-12(9)11-8-6-4-2;1-3-4-5(2)6(7)8/h9H,3-8H2,1-2H3;2-4H2,1H3,(H,7,8). The number of hydrogen-bond donors (Lipinski definition) is 2. The highest BCUT2D eigenvalue weighted by atomic mass is 31.2. The molecular weight excluding hydrogens is 279 g/mol. The van der Waals surface area contributed by atoms with Crippen molar-refractivity contribution < 1.29 is 23.8 Å². The fraction of sp³-hybridized carbons (Fsp3) is 0.786. The number of unbranched alkanes of at least 4 members (excludes halogenated alkanes) is 2. The van der Waals surface area contributed by atoms with Gasteiger partial charge in [-0.2, -0.15) is 0 Å². The summed E-state index contributed by atoms with van der Waals surface area (Å²) in [6.07, 6.45) is 5.57. The molecule has 0 aliphatic carbocycles. The second kappa shape index (κ2) is 16.6. The van der Waals surface area contributed by atoms with Gasteiger partial charge >= 0.3 is 14.6 Å². The molecule has 0 fully saturated rings. The average molecular weight is 308 g/mol. The van der Waals surface area contributed by atoms with E-state index in [9.17, 15) is 4.79 Å². The number of rotatable bonds is 11. The lowest BCUT2D eigenvalue weighted by atomic mass is 10.2. The third-order valence-electron chi connectivity index (χ3n) is 2.25. The molecule has 0 aliphatic heterocycles. The Kier molecular flexibility index (Phi) is 18.1. The molecule has 0 aromatic heterocycles. The van der Waals surface area contributed by atoms with Gasteiger partial charge in [-0.25, -0.2) is 4.79 Å². The van der Waals surface area contributed by atoms with Gasteiger partial charge in [0.25, 0.3) is 0 Å². The normalized spacial score (nSPS) is 10.1. The van der Waals surface area contributed by atoms with E-state index in [4.69, 9.17) is 19.0 Å². The van der Waals surface area contributed by atoms with E-state index in [0.717, 1.165) is 32.1 Å². The van der Waals surface area contributed by atoms with Crippen molar-refractivity contribution in [3.8, 4) is 0 Å². The summed E-state index contributed by atoms with van der Waals surface area (Å²) in [5, 5.41) is 8.21. The summed E-state index contributed by atoms with van der Waals surface area (Å²) in [5.74, 6) is -0.883. The summed E-state index contributed by atoms with van der Waals surface area (Å²) in [6.45, 7) is 10.6. The predicted octanol–water partition coefficient (Wildman–Crippen LogP) is 4.27. The average Bonchev–Trinajstić information content (AvgIpc) is 2.40. The number of carboxylic acids is 1. The lowest BCUT2D eigenvalue weighted by Gasteiger charge is -2.09. The molecule has 6 heteroatoms. The van der Waals surface area contributed by atoms with Crippen LogP contribution in [0.4, 0.5) is 0 Å². The van der Waals surface area contributed by atoms with E-state index < -0.39 is 14.6 Å². The van der Waals surface area contributed by atoms with E-state index in [0.29, 0.717) is 25.2 Å². The van der Waals surface area contributed by atoms with Crippen LogP contribution in [-0.2, 0) is 13.8 Å². The first-order valence-corrected chi connectivity index (χ1v) is 8.28. The van der Waals surface area contributed by atoms with Crippen LogP contribution in [0.1, 0.15) is 59.3 Å². The minimum atomic E-state index is -1.60.